The van der Waals surface area contributed by atoms with Crippen molar-refractivity contribution in [3.8, 4) is 0 Å². The zero-order valence-electron chi connectivity index (χ0n) is 11.2. The summed E-state index contributed by atoms with van der Waals surface area (Å²) in [5.41, 5.74) is -0.317. The standard InChI is InChI=1S/C14H26N2O/c1-11(12-7-4-3-5-8-12)16-13(17)14(2)9-6-10-15-14/h11-12,15H,3-10H2,1-2H3,(H,16,17). The van der Waals surface area contributed by atoms with E-state index in [4.69, 9.17) is 0 Å². The first kappa shape index (κ1) is 12.9. The summed E-state index contributed by atoms with van der Waals surface area (Å²) in [6.07, 6.45) is 8.69. The van der Waals surface area contributed by atoms with Gasteiger partial charge in [0.2, 0.25) is 5.91 Å². The monoisotopic (exact) mass is 238 g/mol. The van der Waals surface area contributed by atoms with Crippen molar-refractivity contribution in [1.82, 2.24) is 10.6 Å². The third-order valence-corrected chi connectivity index (χ3v) is 4.59. The highest BCUT2D eigenvalue weighted by Crippen LogP contribution is 2.27. The molecule has 0 spiro atoms. The lowest BCUT2D eigenvalue weighted by atomic mass is 9.84. The molecule has 2 atom stereocenters. The molecule has 2 rings (SSSR count). The van der Waals surface area contributed by atoms with Gasteiger partial charge >= 0.3 is 0 Å². The average Bonchev–Trinajstić information content (AvgIpc) is 2.78. The van der Waals surface area contributed by atoms with E-state index in [2.05, 4.69) is 17.6 Å². The zero-order chi connectivity index (χ0) is 12.3. The van der Waals surface area contributed by atoms with E-state index in [-0.39, 0.29) is 11.4 Å². The van der Waals surface area contributed by atoms with Gasteiger partial charge in [-0.3, -0.25) is 4.79 Å². The second-order valence-corrected chi connectivity index (χ2v) is 6.02. The molecule has 2 fully saturated rings. The molecular weight excluding hydrogens is 212 g/mol. The summed E-state index contributed by atoms with van der Waals surface area (Å²) in [4.78, 5) is 12.2. The molecule has 2 aliphatic rings. The molecule has 0 bridgehead atoms. The molecule has 3 heteroatoms. The van der Waals surface area contributed by atoms with E-state index < -0.39 is 0 Å². The van der Waals surface area contributed by atoms with Crippen LogP contribution in [-0.4, -0.2) is 24.0 Å². The molecule has 0 radical (unpaired) electrons. The van der Waals surface area contributed by atoms with E-state index >= 15 is 0 Å². The average molecular weight is 238 g/mol. The normalized spacial score (nSPS) is 32.4. The van der Waals surface area contributed by atoms with Crippen molar-refractivity contribution in [3.05, 3.63) is 0 Å². The summed E-state index contributed by atoms with van der Waals surface area (Å²) in [5.74, 6) is 0.894. The lowest BCUT2D eigenvalue weighted by molar-refractivity contribution is -0.127. The third kappa shape index (κ3) is 3.01. The van der Waals surface area contributed by atoms with Crippen LogP contribution in [0, 0.1) is 5.92 Å². The fourth-order valence-electron chi connectivity index (χ4n) is 3.21. The van der Waals surface area contributed by atoms with Crippen LogP contribution in [0.2, 0.25) is 0 Å². The van der Waals surface area contributed by atoms with Gasteiger partial charge in [0.25, 0.3) is 0 Å². The van der Waals surface area contributed by atoms with Crippen LogP contribution in [0.5, 0.6) is 0 Å². The van der Waals surface area contributed by atoms with E-state index in [1.54, 1.807) is 0 Å². The van der Waals surface area contributed by atoms with Crippen molar-refractivity contribution in [3.63, 3.8) is 0 Å². The maximum absolute atomic E-state index is 12.2. The quantitative estimate of drug-likeness (QED) is 0.791. The summed E-state index contributed by atoms with van der Waals surface area (Å²) < 4.78 is 0. The highest BCUT2D eigenvalue weighted by molar-refractivity contribution is 5.86. The lowest BCUT2D eigenvalue weighted by Crippen LogP contribution is -2.54. The van der Waals surface area contributed by atoms with Crippen molar-refractivity contribution < 1.29 is 4.79 Å². The molecule has 3 nitrogen and oxygen atoms in total. The molecule has 0 aromatic rings. The van der Waals surface area contributed by atoms with Gasteiger partial charge in [-0.25, -0.2) is 0 Å². The van der Waals surface area contributed by atoms with Crippen molar-refractivity contribution in [2.24, 2.45) is 5.92 Å². The molecule has 1 saturated heterocycles. The Morgan fingerprint density at radius 3 is 2.59 bits per heavy atom. The Morgan fingerprint density at radius 2 is 2.00 bits per heavy atom. The molecule has 98 valence electrons. The highest BCUT2D eigenvalue weighted by atomic mass is 16.2. The Labute approximate surface area is 105 Å². The predicted molar refractivity (Wildman–Crippen MR) is 69.8 cm³/mol. The first-order valence-corrected chi connectivity index (χ1v) is 7.18. The van der Waals surface area contributed by atoms with Crippen molar-refractivity contribution >= 4 is 5.91 Å². The highest BCUT2D eigenvalue weighted by Gasteiger charge is 2.37. The van der Waals surface area contributed by atoms with E-state index in [0.717, 1.165) is 19.4 Å². The molecule has 1 aliphatic carbocycles. The number of hydrogen-bond donors (Lipinski definition) is 2. The minimum Gasteiger partial charge on any atom is -0.352 e. The van der Waals surface area contributed by atoms with Crippen LogP contribution in [0.1, 0.15) is 58.8 Å². The first-order chi connectivity index (χ1) is 8.12. The molecule has 1 aliphatic heterocycles. The lowest BCUT2D eigenvalue weighted by Gasteiger charge is -2.31. The van der Waals surface area contributed by atoms with Crippen LogP contribution >= 0.6 is 0 Å². The summed E-state index contributed by atoms with van der Waals surface area (Å²) in [6.45, 7) is 5.18. The number of hydrogen-bond acceptors (Lipinski definition) is 2. The second-order valence-electron chi connectivity index (χ2n) is 6.02. The van der Waals surface area contributed by atoms with Crippen LogP contribution in [-0.2, 0) is 4.79 Å². The SMILES string of the molecule is CC(NC(=O)C1(C)CCCN1)C1CCCCC1. The Morgan fingerprint density at radius 1 is 1.29 bits per heavy atom. The molecular formula is C14H26N2O. The van der Waals surface area contributed by atoms with Crippen molar-refractivity contribution in [2.75, 3.05) is 6.54 Å². The van der Waals surface area contributed by atoms with E-state index in [0.29, 0.717) is 12.0 Å². The van der Waals surface area contributed by atoms with Gasteiger partial charge < -0.3 is 10.6 Å². The Balaban J connectivity index is 1.84. The Bertz CT molecular complexity index is 265. The molecule has 0 aromatic heterocycles. The van der Waals surface area contributed by atoms with Crippen LogP contribution < -0.4 is 10.6 Å². The molecule has 2 N–H and O–H groups in total. The van der Waals surface area contributed by atoms with E-state index in [1.165, 1.54) is 32.1 Å². The summed E-state index contributed by atoms with van der Waals surface area (Å²) in [7, 11) is 0. The van der Waals surface area contributed by atoms with Crippen molar-refractivity contribution in [1.29, 1.82) is 0 Å². The first-order valence-electron chi connectivity index (χ1n) is 7.18. The van der Waals surface area contributed by atoms with Gasteiger partial charge in [0.15, 0.2) is 0 Å². The van der Waals surface area contributed by atoms with Gasteiger partial charge in [0, 0.05) is 6.04 Å². The predicted octanol–water partition coefficient (Wildman–Crippen LogP) is 2.21. The van der Waals surface area contributed by atoms with E-state index in [1.807, 2.05) is 6.92 Å². The number of carbonyl (C=O) groups is 1. The fraction of sp³-hybridized carbons (Fsp3) is 0.929. The Hall–Kier alpha value is -0.570. The minimum atomic E-state index is -0.317. The van der Waals surface area contributed by atoms with E-state index in [9.17, 15) is 4.79 Å². The number of amides is 1. The molecule has 17 heavy (non-hydrogen) atoms. The van der Waals surface area contributed by atoms with Gasteiger partial charge in [0.05, 0.1) is 5.54 Å². The maximum Gasteiger partial charge on any atom is 0.240 e. The van der Waals surface area contributed by atoms with Gasteiger partial charge in [0.1, 0.15) is 0 Å². The molecule has 0 aromatic carbocycles. The van der Waals surface area contributed by atoms with Gasteiger partial charge in [-0.05, 0) is 52.0 Å². The van der Waals surface area contributed by atoms with Crippen LogP contribution in [0.25, 0.3) is 0 Å². The smallest absolute Gasteiger partial charge is 0.240 e. The van der Waals surface area contributed by atoms with Crippen molar-refractivity contribution in [2.45, 2.75) is 70.4 Å². The van der Waals surface area contributed by atoms with Crippen LogP contribution in [0.15, 0.2) is 0 Å². The van der Waals surface area contributed by atoms with Gasteiger partial charge in [-0.1, -0.05) is 19.3 Å². The topological polar surface area (TPSA) is 41.1 Å². The maximum atomic E-state index is 12.2. The number of nitrogens with one attached hydrogen (secondary N) is 2. The summed E-state index contributed by atoms with van der Waals surface area (Å²) in [6, 6.07) is 0.335. The third-order valence-electron chi connectivity index (χ3n) is 4.59. The second kappa shape index (κ2) is 5.38. The zero-order valence-corrected chi connectivity index (χ0v) is 11.2. The van der Waals surface area contributed by atoms with Crippen LogP contribution in [0.4, 0.5) is 0 Å². The molecule has 1 saturated carbocycles. The van der Waals surface area contributed by atoms with Crippen LogP contribution in [0.3, 0.4) is 0 Å². The molecule has 1 amide bonds. The van der Waals surface area contributed by atoms with Gasteiger partial charge in [-0.15, -0.1) is 0 Å². The minimum absolute atomic E-state index is 0.202. The summed E-state index contributed by atoms with van der Waals surface area (Å²) >= 11 is 0. The molecule has 2 unspecified atom stereocenters. The summed E-state index contributed by atoms with van der Waals surface area (Å²) in [5, 5.41) is 6.56. The van der Waals surface area contributed by atoms with Gasteiger partial charge in [-0.2, -0.15) is 0 Å². The fourth-order valence-corrected chi connectivity index (χ4v) is 3.21. The number of carbonyl (C=O) groups excluding carboxylic acids is 1. The Kier molecular flexibility index (Phi) is 4.08. The number of rotatable bonds is 3. The largest absolute Gasteiger partial charge is 0.352 e. The molecule has 1 heterocycles.